The number of nitrogens with one attached hydrogen (secondary N) is 1. The summed E-state index contributed by atoms with van der Waals surface area (Å²) >= 11 is 0. The van der Waals surface area contributed by atoms with Crippen LogP contribution in [-0.2, 0) is 11.4 Å². The van der Waals surface area contributed by atoms with Crippen molar-refractivity contribution in [2.45, 2.75) is 19.4 Å². The quantitative estimate of drug-likeness (QED) is 0.693. The zero-order valence-corrected chi connectivity index (χ0v) is 16.2. The van der Waals surface area contributed by atoms with Gasteiger partial charge in [-0.25, -0.2) is 9.97 Å². The van der Waals surface area contributed by atoms with Gasteiger partial charge in [0.1, 0.15) is 12.4 Å². The molecule has 1 unspecified atom stereocenters. The van der Waals surface area contributed by atoms with Crippen LogP contribution in [0.5, 0.6) is 5.75 Å². The molecule has 0 bridgehead atoms. The number of benzene rings is 2. The predicted octanol–water partition coefficient (Wildman–Crippen LogP) is 3.91. The van der Waals surface area contributed by atoms with Gasteiger partial charge < -0.3 is 15.0 Å². The van der Waals surface area contributed by atoms with Crippen molar-refractivity contribution in [2.75, 3.05) is 23.3 Å². The zero-order valence-electron chi connectivity index (χ0n) is 16.2. The van der Waals surface area contributed by atoms with Gasteiger partial charge in [0, 0.05) is 31.2 Å². The molecule has 6 nitrogen and oxygen atoms in total. The summed E-state index contributed by atoms with van der Waals surface area (Å²) in [6.45, 7) is 2.03. The van der Waals surface area contributed by atoms with Gasteiger partial charge in [0.15, 0.2) is 0 Å². The summed E-state index contributed by atoms with van der Waals surface area (Å²) in [5.41, 5.74) is 1.89. The number of anilines is 2. The van der Waals surface area contributed by atoms with Crippen molar-refractivity contribution in [1.82, 2.24) is 9.97 Å². The molecule has 3 aromatic rings. The van der Waals surface area contributed by atoms with E-state index in [1.165, 1.54) is 0 Å². The van der Waals surface area contributed by atoms with Crippen LogP contribution < -0.4 is 15.0 Å². The first-order valence-corrected chi connectivity index (χ1v) is 9.87. The Bertz CT molecular complexity index is 917. The van der Waals surface area contributed by atoms with Crippen LogP contribution in [0.3, 0.4) is 0 Å². The average Bonchev–Trinajstić information content (AvgIpc) is 2.80. The van der Waals surface area contributed by atoms with E-state index in [1.54, 1.807) is 18.5 Å². The van der Waals surface area contributed by atoms with Crippen LogP contribution in [0.25, 0.3) is 0 Å². The first-order chi connectivity index (χ1) is 14.3. The molecule has 148 valence electrons. The highest BCUT2D eigenvalue weighted by Crippen LogP contribution is 2.22. The van der Waals surface area contributed by atoms with Crippen LogP contribution in [0, 0.1) is 5.92 Å². The topological polar surface area (TPSA) is 67.3 Å². The van der Waals surface area contributed by atoms with Crippen molar-refractivity contribution in [3.05, 3.63) is 78.6 Å². The van der Waals surface area contributed by atoms with Crippen LogP contribution in [-0.4, -0.2) is 29.0 Å². The Morgan fingerprint density at radius 1 is 1.03 bits per heavy atom. The molecular formula is C23H24N4O2. The second-order valence-corrected chi connectivity index (χ2v) is 7.12. The minimum atomic E-state index is -0.0819. The summed E-state index contributed by atoms with van der Waals surface area (Å²) < 4.78 is 5.80. The monoisotopic (exact) mass is 388 g/mol. The third-order valence-corrected chi connectivity index (χ3v) is 5.00. The van der Waals surface area contributed by atoms with Crippen molar-refractivity contribution >= 4 is 17.5 Å². The summed E-state index contributed by atoms with van der Waals surface area (Å²) in [5, 5.41) is 3.02. The van der Waals surface area contributed by atoms with Crippen molar-refractivity contribution in [1.29, 1.82) is 0 Å². The molecule has 2 heterocycles. The van der Waals surface area contributed by atoms with Crippen LogP contribution in [0.1, 0.15) is 18.4 Å². The predicted molar refractivity (Wildman–Crippen MR) is 113 cm³/mol. The number of rotatable bonds is 6. The normalized spacial score (nSPS) is 16.3. The number of hydrogen-bond acceptors (Lipinski definition) is 5. The molecule has 1 atom stereocenters. The maximum atomic E-state index is 12.7. The van der Waals surface area contributed by atoms with Gasteiger partial charge in [-0.2, -0.15) is 0 Å². The molecule has 1 N–H and O–H groups in total. The van der Waals surface area contributed by atoms with Gasteiger partial charge >= 0.3 is 0 Å². The van der Waals surface area contributed by atoms with E-state index in [1.807, 2.05) is 54.6 Å². The van der Waals surface area contributed by atoms with Crippen LogP contribution in [0.4, 0.5) is 11.6 Å². The molecular weight excluding hydrogens is 364 g/mol. The van der Waals surface area contributed by atoms with Crippen LogP contribution in [0.2, 0.25) is 0 Å². The van der Waals surface area contributed by atoms with E-state index in [0.29, 0.717) is 19.1 Å². The highest BCUT2D eigenvalue weighted by molar-refractivity contribution is 5.93. The van der Waals surface area contributed by atoms with E-state index in [2.05, 4.69) is 20.2 Å². The van der Waals surface area contributed by atoms with Crippen molar-refractivity contribution in [3.63, 3.8) is 0 Å². The molecule has 29 heavy (non-hydrogen) atoms. The van der Waals surface area contributed by atoms with E-state index >= 15 is 0 Å². The fourth-order valence-electron chi connectivity index (χ4n) is 3.45. The van der Waals surface area contributed by atoms with E-state index in [-0.39, 0.29) is 11.8 Å². The Kier molecular flexibility index (Phi) is 6.00. The minimum Gasteiger partial charge on any atom is -0.489 e. The van der Waals surface area contributed by atoms with Crippen molar-refractivity contribution in [2.24, 2.45) is 5.92 Å². The molecule has 1 aliphatic heterocycles. The molecule has 0 saturated carbocycles. The number of hydrogen-bond donors (Lipinski definition) is 1. The molecule has 6 heteroatoms. The number of amides is 1. The lowest BCUT2D eigenvalue weighted by molar-refractivity contribution is -0.120. The number of ether oxygens (including phenoxy) is 1. The molecule has 1 saturated heterocycles. The third kappa shape index (κ3) is 5.10. The molecule has 1 aromatic heterocycles. The molecule has 0 aliphatic carbocycles. The third-order valence-electron chi connectivity index (χ3n) is 5.00. The first-order valence-electron chi connectivity index (χ1n) is 9.87. The molecule has 1 amide bonds. The van der Waals surface area contributed by atoms with E-state index < -0.39 is 0 Å². The van der Waals surface area contributed by atoms with E-state index in [0.717, 1.165) is 36.4 Å². The Morgan fingerprint density at radius 2 is 1.79 bits per heavy atom. The van der Waals surface area contributed by atoms with Gasteiger partial charge in [-0.15, -0.1) is 0 Å². The average molecular weight is 388 g/mol. The van der Waals surface area contributed by atoms with Crippen molar-refractivity contribution in [3.8, 4) is 5.75 Å². The lowest BCUT2D eigenvalue weighted by Gasteiger charge is -2.31. The molecule has 2 aromatic carbocycles. The second kappa shape index (κ2) is 9.19. The summed E-state index contributed by atoms with van der Waals surface area (Å²) in [6, 6.07) is 19.3. The Labute approximate surface area is 170 Å². The molecule has 1 aliphatic rings. The number of aromatic nitrogens is 2. The molecule has 4 rings (SSSR count). The number of carbonyl (C=O) groups excluding carboxylic acids is 1. The highest BCUT2D eigenvalue weighted by Gasteiger charge is 2.27. The lowest BCUT2D eigenvalue weighted by Crippen LogP contribution is -2.41. The van der Waals surface area contributed by atoms with Gasteiger partial charge in [-0.05, 0) is 48.7 Å². The standard InChI is InChI=1S/C23H24N4O2/c28-22(19-8-4-15-27(16-19)23-24-13-5-14-25-23)26-20-9-11-21(12-10-20)29-17-18-6-2-1-3-7-18/h1-3,5-7,9-14,19H,4,8,15-17H2,(H,26,28). The van der Waals surface area contributed by atoms with Crippen molar-refractivity contribution < 1.29 is 9.53 Å². The smallest absolute Gasteiger partial charge is 0.229 e. The largest absolute Gasteiger partial charge is 0.489 e. The van der Waals surface area contributed by atoms with Crippen LogP contribution in [0.15, 0.2) is 73.1 Å². The second-order valence-electron chi connectivity index (χ2n) is 7.12. The van der Waals surface area contributed by atoms with Crippen LogP contribution >= 0.6 is 0 Å². The van der Waals surface area contributed by atoms with Gasteiger partial charge in [-0.3, -0.25) is 4.79 Å². The molecule has 0 radical (unpaired) electrons. The molecule has 1 fully saturated rings. The minimum absolute atomic E-state index is 0.0311. The van der Waals surface area contributed by atoms with Gasteiger partial charge in [0.25, 0.3) is 0 Å². The van der Waals surface area contributed by atoms with E-state index in [9.17, 15) is 4.79 Å². The molecule has 0 spiro atoms. The highest BCUT2D eigenvalue weighted by atomic mass is 16.5. The maximum absolute atomic E-state index is 12.7. The number of nitrogens with zero attached hydrogens (tertiary/aromatic N) is 3. The summed E-state index contributed by atoms with van der Waals surface area (Å²) in [4.78, 5) is 23.4. The summed E-state index contributed by atoms with van der Waals surface area (Å²) in [5.74, 6) is 1.41. The lowest BCUT2D eigenvalue weighted by atomic mass is 9.97. The Hall–Kier alpha value is -3.41. The van der Waals surface area contributed by atoms with E-state index in [4.69, 9.17) is 4.74 Å². The zero-order chi connectivity index (χ0) is 19.9. The summed E-state index contributed by atoms with van der Waals surface area (Å²) in [7, 11) is 0. The first kappa shape index (κ1) is 18.9. The fraction of sp³-hybridized carbons (Fsp3) is 0.261. The summed E-state index contributed by atoms with van der Waals surface area (Å²) in [6.07, 6.45) is 5.27. The van der Waals surface area contributed by atoms with Gasteiger partial charge in [-0.1, -0.05) is 30.3 Å². The number of carbonyl (C=O) groups is 1. The van der Waals surface area contributed by atoms with Gasteiger partial charge in [0.2, 0.25) is 11.9 Å². The maximum Gasteiger partial charge on any atom is 0.229 e. The Morgan fingerprint density at radius 3 is 2.55 bits per heavy atom. The number of piperidine rings is 1. The SMILES string of the molecule is O=C(Nc1ccc(OCc2ccccc2)cc1)C1CCCN(c2ncccn2)C1. The Balaban J connectivity index is 1.31. The van der Waals surface area contributed by atoms with Gasteiger partial charge in [0.05, 0.1) is 5.92 Å². The fourth-order valence-corrected chi connectivity index (χ4v) is 3.45.